The molecule has 1 aromatic heterocycles. The summed E-state index contributed by atoms with van der Waals surface area (Å²) in [5.41, 5.74) is -0.0620. The molecule has 4 aliphatic rings. The summed E-state index contributed by atoms with van der Waals surface area (Å²) in [6, 6.07) is 7.59. The highest BCUT2D eigenvalue weighted by molar-refractivity contribution is 7.21. The van der Waals surface area contributed by atoms with Gasteiger partial charge in [-0.3, -0.25) is 4.79 Å². The van der Waals surface area contributed by atoms with Crippen LogP contribution in [0.2, 0.25) is 5.02 Å². The average Bonchev–Trinajstić information content (AvgIpc) is 2.95. The molecule has 4 nitrogen and oxygen atoms in total. The zero-order valence-corrected chi connectivity index (χ0v) is 16.6. The van der Waals surface area contributed by atoms with Crippen LogP contribution >= 0.6 is 22.9 Å². The molecule has 142 valence electrons. The largest absolute Gasteiger partial charge is 0.451 e. The molecule has 4 saturated carbocycles. The highest BCUT2D eigenvalue weighted by Gasteiger charge is 2.51. The summed E-state index contributed by atoms with van der Waals surface area (Å²) in [5, 5.41) is 4.47. The molecule has 0 radical (unpaired) electrons. The van der Waals surface area contributed by atoms with E-state index in [2.05, 4.69) is 5.32 Å². The first-order valence-electron chi connectivity index (χ1n) is 9.66. The summed E-state index contributed by atoms with van der Waals surface area (Å²) >= 11 is 7.62. The van der Waals surface area contributed by atoms with Crippen molar-refractivity contribution < 1.29 is 14.3 Å². The van der Waals surface area contributed by atoms with E-state index in [1.165, 1.54) is 30.6 Å². The molecule has 0 saturated heterocycles. The molecule has 1 aromatic carbocycles. The third-order valence-corrected chi connectivity index (χ3v) is 8.15. The van der Waals surface area contributed by atoms with E-state index in [0.29, 0.717) is 9.90 Å². The van der Waals surface area contributed by atoms with E-state index in [9.17, 15) is 9.59 Å². The zero-order chi connectivity index (χ0) is 18.6. The van der Waals surface area contributed by atoms with Gasteiger partial charge in [0.15, 0.2) is 6.61 Å². The third-order valence-electron chi connectivity index (χ3n) is 6.50. The van der Waals surface area contributed by atoms with E-state index in [1.807, 2.05) is 24.3 Å². The monoisotopic (exact) mass is 403 g/mol. The van der Waals surface area contributed by atoms with Crippen molar-refractivity contribution in [2.75, 3.05) is 6.61 Å². The van der Waals surface area contributed by atoms with Gasteiger partial charge in [-0.1, -0.05) is 29.8 Å². The van der Waals surface area contributed by atoms with Gasteiger partial charge in [-0.2, -0.15) is 0 Å². The predicted octanol–water partition coefficient (Wildman–Crippen LogP) is 4.80. The van der Waals surface area contributed by atoms with E-state index in [0.717, 1.165) is 47.1 Å². The van der Waals surface area contributed by atoms with Gasteiger partial charge in [0, 0.05) is 15.6 Å². The Balaban J connectivity index is 1.23. The van der Waals surface area contributed by atoms with Crippen LogP contribution in [0.3, 0.4) is 0 Å². The van der Waals surface area contributed by atoms with Crippen LogP contribution in [-0.4, -0.2) is 24.0 Å². The SMILES string of the molecule is O=C(COC(=O)c1sc2ccccc2c1Cl)NC12CC3CC(CC(C3)C1)C2. The molecule has 27 heavy (non-hydrogen) atoms. The number of nitrogens with one attached hydrogen (secondary N) is 1. The van der Waals surface area contributed by atoms with Crippen LogP contribution in [0.15, 0.2) is 24.3 Å². The number of fused-ring (bicyclic) bond motifs is 1. The first-order valence-corrected chi connectivity index (χ1v) is 10.9. The normalized spacial score (nSPS) is 31.2. The molecule has 1 N–H and O–H groups in total. The van der Waals surface area contributed by atoms with Gasteiger partial charge in [-0.15, -0.1) is 11.3 Å². The van der Waals surface area contributed by atoms with Gasteiger partial charge in [0.2, 0.25) is 0 Å². The Morgan fingerprint density at radius 1 is 1.11 bits per heavy atom. The van der Waals surface area contributed by atoms with Gasteiger partial charge in [-0.05, 0) is 62.3 Å². The van der Waals surface area contributed by atoms with Gasteiger partial charge >= 0.3 is 5.97 Å². The number of carbonyl (C=O) groups is 2. The zero-order valence-electron chi connectivity index (χ0n) is 15.0. The molecule has 6 rings (SSSR count). The summed E-state index contributed by atoms with van der Waals surface area (Å²) < 4.78 is 6.23. The van der Waals surface area contributed by atoms with E-state index < -0.39 is 5.97 Å². The molecule has 2 aromatic rings. The maximum atomic E-state index is 12.5. The molecule has 4 fully saturated rings. The van der Waals surface area contributed by atoms with Crippen molar-refractivity contribution in [3.8, 4) is 0 Å². The second-order valence-electron chi connectivity index (χ2n) is 8.56. The van der Waals surface area contributed by atoms with Crippen LogP contribution in [0.4, 0.5) is 0 Å². The third kappa shape index (κ3) is 3.15. The average molecular weight is 404 g/mol. The fourth-order valence-corrected chi connectivity index (χ4v) is 7.34. The number of benzene rings is 1. The number of halogens is 1. The Morgan fingerprint density at radius 3 is 2.37 bits per heavy atom. The van der Waals surface area contributed by atoms with Crippen LogP contribution in [0.25, 0.3) is 10.1 Å². The van der Waals surface area contributed by atoms with Crippen LogP contribution in [-0.2, 0) is 9.53 Å². The van der Waals surface area contributed by atoms with Crippen molar-refractivity contribution >= 4 is 44.9 Å². The fraction of sp³-hybridized carbons (Fsp3) is 0.524. The molecular formula is C21H22ClNO3S. The van der Waals surface area contributed by atoms with Gasteiger partial charge in [0.1, 0.15) is 4.88 Å². The quantitative estimate of drug-likeness (QED) is 0.746. The van der Waals surface area contributed by atoms with Crippen LogP contribution in [0.5, 0.6) is 0 Å². The number of hydrogen-bond donors (Lipinski definition) is 1. The number of thiophene rings is 1. The Kier molecular flexibility index (Phi) is 4.21. The van der Waals surface area contributed by atoms with Crippen molar-refractivity contribution in [1.29, 1.82) is 0 Å². The minimum Gasteiger partial charge on any atom is -0.451 e. The molecule has 4 bridgehead atoms. The fourth-order valence-electron chi connectivity index (χ4n) is 5.94. The lowest BCUT2D eigenvalue weighted by molar-refractivity contribution is -0.130. The van der Waals surface area contributed by atoms with E-state index in [4.69, 9.17) is 16.3 Å². The molecule has 6 heteroatoms. The van der Waals surface area contributed by atoms with Crippen molar-refractivity contribution in [3.63, 3.8) is 0 Å². The van der Waals surface area contributed by atoms with E-state index >= 15 is 0 Å². The molecule has 0 unspecified atom stereocenters. The number of esters is 1. The maximum absolute atomic E-state index is 12.5. The summed E-state index contributed by atoms with van der Waals surface area (Å²) in [6.07, 6.45) is 7.24. The lowest BCUT2D eigenvalue weighted by Gasteiger charge is -2.56. The highest BCUT2D eigenvalue weighted by Crippen LogP contribution is 2.55. The predicted molar refractivity (Wildman–Crippen MR) is 106 cm³/mol. The number of rotatable bonds is 4. The van der Waals surface area contributed by atoms with Crippen molar-refractivity contribution in [2.45, 2.75) is 44.1 Å². The van der Waals surface area contributed by atoms with E-state index in [1.54, 1.807) is 0 Å². The van der Waals surface area contributed by atoms with Crippen molar-refractivity contribution in [3.05, 3.63) is 34.2 Å². The van der Waals surface area contributed by atoms with E-state index in [-0.39, 0.29) is 18.1 Å². The van der Waals surface area contributed by atoms with Gasteiger partial charge < -0.3 is 10.1 Å². The second-order valence-corrected chi connectivity index (χ2v) is 9.99. The molecule has 4 aliphatic carbocycles. The Bertz CT molecular complexity index is 886. The highest BCUT2D eigenvalue weighted by atomic mass is 35.5. The maximum Gasteiger partial charge on any atom is 0.350 e. The molecule has 0 aliphatic heterocycles. The van der Waals surface area contributed by atoms with Crippen LogP contribution < -0.4 is 5.32 Å². The molecule has 0 spiro atoms. The second kappa shape index (κ2) is 6.49. The standard InChI is InChI=1S/C21H22ClNO3S/c22-18-15-3-1-2-4-16(15)27-19(18)20(25)26-11-17(24)23-21-8-12-5-13(9-21)7-14(6-12)10-21/h1-4,12-14H,5-11H2,(H,23,24). The molecule has 1 heterocycles. The molecular weight excluding hydrogens is 382 g/mol. The number of hydrogen-bond acceptors (Lipinski definition) is 4. The summed E-state index contributed by atoms with van der Waals surface area (Å²) in [4.78, 5) is 25.3. The molecule has 0 atom stereocenters. The Labute approximate surface area is 167 Å². The first kappa shape index (κ1) is 17.5. The smallest absolute Gasteiger partial charge is 0.350 e. The molecule has 1 amide bonds. The van der Waals surface area contributed by atoms with Gasteiger partial charge in [-0.25, -0.2) is 4.79 Å². The number of ether oxygens (including phenoxy) is 1. The van der Waals surface area contributed by atoms with Crippen molar-refractivity contribution in [2.24, 2.45) is 17.8 Å². The van der Waals surface area contributed by atoms with Gasteiger partial charge in [0.05, 0.1) is 5.02 Å². The summed E-state index contributed by atoms with van der Waals surface area (Å²) in [5.74, 6) is 1.56. The topological polar surface area (TPSA) is 55.4 Å². The van der Waals surface area contributed by atoms with Crippen molar-refractivity contribution in [1.82, 2.24) is 5.32 Å². The Morgan fingerprint density at radius 2 is 1.74 bits per heavy atom. The first-order chi connectivity index (χ1) is 13.0. The minimum absolute atomic E-state index is 0.0620. The summed E-state index contributed by atoms with van der Waals surface area (Å²) in [7, 11) is 0. The number of amides is 1. The number of carbonyl (C=O) groups excluding carboxylic acids is 2. The lowest BCUT2D eigenvalue weighted by atomic mass is 9.53. The minimum atomic E-state index is -0.526. The van der Waals surface area contributed by atoms with Crippen LogP contribution in [0, 0.1) is 17.8 Å². The van der Waals surface area contributed by atoms with Crippen LogP contribution in [0.1, 0.15) is 48.2 Å². The Hall–Kier alpha value is -1.59. The van der Waals surface area contributed by atoms with Gasteiger partial charge in [0.25, 0.3) is 5.91 Å². The lowest BCUT2D eigenvalue weighted by Crippen LogP contribution is -2.60. The summed E-state index contributed by atoms with van der Waals surface area (Å²) in [6.45, 7) is -0.245.